The third-order valence-electron chi connectivity index (χ3n) is 3.68. The summed E-state index contributed by atoms with van der Waals surface area (Å²) in [7, 11) is 3.28. The Labute approximate surface area is 148 Å². The van der Waals surface area contributed by atoms with Crippen LogP contribution in [0.25, 0.3) is 0 Å². The Morgan fingerprint density at radius 1 is 1.12 bits per heavy atom. The predicted octanol–water partition coefficient (Wildman–Crippen LogP) is 2.12. The van der Waals surface area contributed by atoms with Gasteiger partial charge in [-0.3, -0.25) is 9.80 Å². The molecule has 6 nitrogen and oxygen atoms in total. The van der Waals surface area contributed by atoms with Crippen molar-refractivity contribution >= 4 is 5.91 Å². The number of nitrogens with zero attached hydrogens (tertiary/aromatic N) is 1. The number of amides is 1. The van der Waals surface area contributed by atoms with Gasteiger partial charge in [0.25, 0.3) is 0 Å². The van der Waals surface area contributed by atoms with Gasteiger partial charge in [-0.1, -0.05) is 24.3 Å². The number of ether oxygens (including phenoxy) is 2. The zero-order valence-electron chi connectivity index (χ0n) is 14.6. The molecular weight excluding hydrogens is 320 g/mol. The zero-order chi connectivity index (χ0) is 18.1. The van der Waals surface area contributed by atoms with Crippen molar-refractivity contribution < 1.29 is 19.4 Å². The lowest BCUT2D eigenvalue weighted by atomic mass is 10.2. The zero-order valence-corrected chi connectivity index (χ0v) is 14.6. The number of rotatable bonds is 9. The average Bonchev–Trinajstić information content (AvgIpc) is 2.65. The van der Waals surface area contributed by atoms with Crippen molar-refractivity contribution in [3.8, 4) is 11.5 Å². The smallest absolute Gasteiger partial charge is 0.238 e. The van der Waals surface area contributed by atoms with Crippen LogP contribution in [0.15, 0.2) is 48.5 Å². The van der Waals surface area contributed by atoms with Crippen LogP contribution >= 0.6 is 0 Å². The lowest BCUT2D eigenvalue weighted by Gasteiger charge is -2.18. The van der Waals surface area contributed by atoms with Gasteiger partial charge in [0.2, 0.25) is 5.91 Å². The van der Waals surface area contributed by atoms with Gasteiger partial charge in [0.15, 0.2) is 0 Å². The molecule has 134 valence electrons. The van der Waals surface area contributed by atoms with Crippen molar-refractivity contribution in [2.75, 3.05) is 20.8 Å². The molecule has 6 heteroatoms. The fraction of sp³-hybridized carbons (Fsp3) is 0.316. The van der Waals surface area contributed by atoms with Gasteiger partial charge in [0.1, 0.15) is 18.1 Å². The van der Waals surface area contributed by atoms with E-state index in [1.54, 1.807) is 14.2 Å². The molecule has 0 aromatic heterocycles. The van der Waals surface area contributed by atoms with E-state index < -0.39 is 0 Å². The molecule has 0 saturated heterocycles. The Morgan fingerprint density at radius 3 is 2.56 bits per heavy atom. The molecule has 2 N–H and O–H groups in total. The molecule has 2 aromatic rings. The second-order valence-electron chi connectivity index (χ2n) is 5.55. The van der Waals surface area contributed by atoms with Gasteiger partial charge in [-0.05, 0) is 35.4 Å². The molecule has 1 amide bonds. The molecule has 0 spiro atoms. The largest absolute Gasteiger partial charge is 0.497 e. The summed E-state index contributed by atoms with van der Waals surface area (Å²) in [4.78, 5) is 11.6. The standard InChI is InChI=1S/C19H24N2O4/c1-21(19(23)10-11-22)20-13-15-6-8-17(9-7-15)25-14-16-4-3-5-18(12-16)24-2/h3-9,12,20,22H,10-11,13-14H2,1-2H3. The maximum absolute atomic E-state index is 11.6. The highest BCUT2D eigenvalue weighted by Gasteiger charge is 2.07. The molecule has 0 fully saturated rings. The Morgan fingerprint density at radius 2 is 1.88 bits per heavy atom. The van der Waals surface area contributed by atoms with Gasteiger partial charge in [-0.2, -0.15) is 0 Å². The van der Waals surface area contributed by atoms with E-state index in [0.717, 1.165) is 22.6 Å². The number of hydrazine groups is 1. The molecule has 0 radical (unpaired) electrons. The van der Waals surface area contributed by atoms with Crippen molar-refractivity contribution in [1.82, 2.24) is 10.4 Å². The molecule has 0 aliphatic rings. The SMILES string of the molecule is COc1cccc(COc2ccc(CNN(C)C(=O)CCO)cc2)c1. The number of aliphatic hydroxyl groups excluding tert-OH is 1. The topological polar surface area (TPSA) is 71.0 Å². The van der Waals surface area contributed by atoms with Crippen LogP contribution in [0.4, 0.5) is 0 Å². The van der Waals surface area contributed by atoms with Gasteiger partial charge >= 0.3 is 0 Å². The van der Waals surface area contributed by atoms with Crippen LogP contribution in [-0.4, -0.2) is 36.8 Å². The van der Waals surface area contributed by atoms with E-state index in [0.29, 0.717) is 13.2 Å². The fourth-order valence-electron chi connectivity index (χ4n) is 2.19. The monoisotopic (exact) mass is 344 g/mol. The third kappa shape index (κ3) is 6.10. The van der Waals surface area contributed by atoms with Crippen LogP contribution in [0.3, 0.4) is 0 Å². The van der Waals surface area contributed by atoms with Crippen molar-refractivity contribution in [3.63, 3.8) is 0 Å². The number of carbonyl (C=O) groups excluding carboxylic acids is 1. The number of hydrogen-bond donors (Lipinski definition) is 2. The molecule has 0 aliphatic carbocycles. The summed E-state index contributed by atoms with van der Waals surface area (Å²) in [5.74, 6) is 1.43. The van der Waals surface area contributed by atoms with E-state index in [1.807, 2.05) is 48.5 Å². The van der Waals surface area contributed by atoms with E-state index in [1.165, 1.54) is 5.01 Å². The van der Waals surface area contributed by atoms with E-state index in [9.17, 15) is 4.79 Å². The van der Waals surface area contributed by atoms with Gasteiger partial charge < -0.3 is 14.6 Å². The lowest BCUT2D eigenvalue weighted by molar-refractivity contribution is -0.133. The first-order valence-electron chi connectivity index (χ1n) is 8.08. The molecule has 0 atom stereocenters. The molecule has 0 bridgehead atoms. The highest BCUT2D eigenvalue weighted by molar-refractivity contribution is 5.75. The molecule has 25 heavy (non-hydrogen) atoms. The van der Waals surface area contributed by atoms with Crippen LogP contribution in [-0.2, 0) is 17.9 Å². The third-order valence-corrected chi connectivity index (χ3v) is 3.68. The first-order chi connectivity index (χ1) is 12.1. The molecule has 0 heterocycles. The molecular formula is C19H24N2O4. The summed E-state index contributed by atoms with van der Waals surface area (Å²) in [5.41, 5.74) is 5.05. The first kappa shape index (κ1) is 18.8. The van der Waals surface area contributed by atoms with Crippen molar-refractivity contribution in [2.45, 2.75) is 19.6 Å². The molecule has 0 aliphatic heterocycles. The summed E-state index contributed by atoms with van der Waals surface area (Å²) in [6, 6.07) is 15.4. The van der Waals surface area contributed by atoms with E-state index >= 15 is 0 Å². The molecule has 2 rings (SSSR count). The van der Waals surface area contributed by atoms with Crippen LogP contribution < -0.4 is 14.9 Å². The van der Waals surface area contributed by atoms with E-state index in [2.05, 4.69) is 5.43 Å². The van der Waals surface area contributed by atoms with E-state index in [-0.39, 0.29) is 18.9 Å². The highest BCUT2D eigenvalue weighted by Crippen LogP contribution is 2.17. The van der Waals surface area contributed by atoms with Crippen molar-refractivity contribution in [3.05, 3.63) is 59.7 Å². The Hall–Kier alpha value is -2.57. The van der Waals surface area contributed by atoms with Gasteiger partial charge in [-0.15, -0.1) is 0 Å². The van der Waals surface area contributed by atoms with Crippen LogP contribution in [0.5, 0.6) is 11.5 Å². The molecule has 0 unspecified atom stereocenters. The van der Waals surface area contributed by atoms with Crippen molar-refractivity contribution in [1.29, 1.82) is 0 Å². The predicted molar refractivity (Wildman–Crippen MR) is 95.1 cm³/mol. The molecule has 0 saturated carbocycles. The first-order valence-corrected chi connectivity index (χ1v) is 8.08. The minimum absolute atomic E-state index is 0.112. The average molecular weight is 344 g/mol. The molecule has 2 aromatic carbocycles. The number of carbonyl (C=O) groups is 1. The van der Waals surface area contributed by atoms with Gasteiger partial charge in [-0.25, -0.2) is 5.43 Å². The van der Waals surface area contributed by atoms with Crippen LogP contribution in [0, 0.1) is 0 Å². The number of hydrogen-bond acceptors (Lipinski definition) is 5. The normalized spacial score (nSPS) is 10.4. The quantitative estimate of drug-likeness (QED) is 0.682. The van der Waals surface area contributed by atoms with Crippen LogP contribution in [0.1, 0.15) is 17.5 Å². The second-order valence-corrected chi connectivity index (χ2v) is 5.55. The van der Waals surface area contributed by atoms with Crippen LogP contribution in [0.2, 0.25) is 0 Å². The second kappa shape index (κ2) is 9.66. The maximum Gasteiger partial charge on any atom is 0.238 e. The van der Waals surface area contributed by atoms with E-state index in [4.69, 9.17) is 14.6 Å². The highest BCUT2D eigenvalue weighted by atomic mass is 16.5. The lowest BCUT2D eigenvalue weighted by Crippen LogP contribution is -2.39. The summed E-state index contributed by atoms with van der Waals surface area (Å²) in [5, 5.41) is 10.2. The summed E-state index contributed by atoms with van der Waals surface area (Å²) in [6.07, 6.45) is 0.112. The minimum atomic E-state index is -0.152. The summed E-state index contributed by atoms with van der Waals surface area (Å²) < 4.78 is 11.0. The number of nitrogens with one attached hydrogen (secondary N) is 1. The Kier molecular flexibility index (Phi) is 7.25. The maximum atomic E-state index is 11.6. The minimum Gasteiger partial charge on any atom is -0.497 e. The Balaban J connectivity index is 1.82. The number of aliphatic hydroxyl groups is 1. The number of benzene rings is 2. The summed E-state index contributed by atoms with van der Waals surface area (Å²) >= 11 is 0. The number of methoxy groups -OCH3 is 1. The Bertz CT molecular complexity index is 673. The summed E-state index contributed by atoms with van der Waals surface area (Å²) in [6.45, 7) is 0.835. The van der Waals surface area contributed by atoms with Gasteiger partial charge in [0.05, 0.1) is 20.1 Å². The van der Waals surface area contributed by atoms with Gasteiger partial charge in [0, 0.05) is 13.6 Å². The fourth-order valence-corrected chi connectivity index (χ4v) is 2.19. The van der Waals surface area contributed by atoms with Crippen molar-refractivity contribution in [2.24, 2.45) is 0 Å².